The minimum atomic E-state index is 0.582. The molecule has 0 unspecified atom stereocenters. The van der Waals surface area contributed by atoms with E-state index in [1.54, 1.807) is 11.3 Å². The van der Waals surface area contributed by atoms with Gasteiger partial charge in [-0.25, -0.2) is 4.98 Å². The Morgan fingerprint density at radius 1 is 1.43 bits per heavy atom. The van der Waals surface area contributed by atoms with E-state index in [1.807, 2.05) is 19.1 Å². The van der Waals surface area contributed by atoms with E-state index in [-0.39, 0.29) is 0 Å². The van der Waals surface area contributed by atoms with E-state index in [1.165, 1.54) is 0 Å². The molecule has 0 saturated carbocycles. The molecule has 0 fully saturated rings. The van der Waals surface area contributed by atoms with Crippen LogP contribution >= 0.6 is 11.3 Å². The molecule has 0 aliphatic carbocycles. The number of hydrogen-bond donors (Lipinski definition) is 1. The van der Waals surface area contributed by atoms with E-state index in [2.05, 4.69) is 22.5 Å². The number of benzene rings is 1. The maximum Gasteiger partial charge on any atom is 0.123 e. The molecular weight excluding hydrogens is 192 g/mol. The van der Waals surface area contributed by atoms with Gasteiger partial charge in [0.05, 0.1) is 0 Å². The zero-order chi connectivity index (χ0) is 9.97. The Kier molecular flexibility index (Phi) is 2.61. The van der Waals surface area contributed by atoms with Crippen LogP contribution in [0, 0.1) is 6.92 Å². The van der Waals surface area contributed by atoms with Crippen LogP contribution in [0.25, 0.3) is 10.6 Å². The molecule has 2 rings (SSSR count). The molecule has 0 saturated heterocycles. The van der Waals surface area contributed by atoms with Crippen LogP contribution in [0.3, 0.4) is 0 Å². The summed E-state index contributed by atoms with van der Waals surface area (Å²) in [5, 5.41) is 3.13. The highest BCUT2D eigenvalue weighted by molar-refractivity contribution is 7.13. The summed E-state index contributed by atoms with van der Waals surface area (Å²) in [6.45, 7) is 2.59. The zero-order valence-corrected chi connectivity index (χ0v) is 8.84. The smallest absolute Gasteiger partial charge is 0.123 e. The van der Waals surface area contributed by atoms with E-state index in [4.69, 9.17) is 5.73 Å². The van der Waals surface area contributed by atoms with Crippen molar-refractivity contribution < 1.29 is 0 Å². The molecule has 0 bridgehead atoms. The third kappa shape index (κ3) is 1.84. The van der Waals surface area contributed by atoms with Crippen molar-refractivity contribution in [3.8, 4) is 10.6 Å². The van der Waals surface area contributed by atoms with Crippen molar-refractivity contribution in [3.05, 3.63) is 40.9 Å². The Morgan fingerprint density at radius 2 is 2.29 bits per heavy atom. The molecule has 14 heavy (non-hydrogen) atoms. The Labute approximate surface area is 87.4 Å². The molecular formula is C11H12N2S. The molecule has 0 radical (unpaired) electrons. The highest BCUT2D eigenvalue weighted by Gasteiger charge is 2.02. The van der Waals surface area contributed by atoms with Gasteiger partial charge in [-0.15, -0.1) is 11.3 Å². The summed E-state index contributed by atoms with van der Waals surface area (Å²) < 4.78 is 0. The molecule has 0 aliphatic heterocycles. The lowest BCUT2D eigenvalue weighted by atomic mass is 10.1. The van der Waals surface area contributed by atoms with E-state index in [0.29, 0.717) is 6.54 Å². The van der Waals surface area contributed by atoms with Crippen molar-refractivity contribution in [1.82, 2.24) is 4.98 Å². The van der Waals surface area contributed by atoms with Gasteiger partial charge in [-0.05, 0) is 18.6 Å². The SMILES string of the molecule is Cc1csc(-c2cccc(CN)c2)n1. The number of aryl methyl sites for hydroxylation is 1. The lowest BCUT2D eigenvalue weighted by Crippen LogP contribution is -1.95. The summed E-state index contributed by atoms with van der Waals surface area (Å²) in [6, 6.07) is 8.22. The van der Waals surface area contributed by atoms with Crippen molar-refractivity contribution in [2.45, 2.75) is 13.5 Å². The standard InChI is InChI=1S/C11H12N2S/c1-8-7-14-11(13-8)10-4-2-3-9(5-10)6-12/h2-5,7H,6,12H2,1H3. The molecule has 0 spiro atoms. The number of rotatable bonds is 2. The maximum atomic E-state index is 5.58. The molecule has 0 aliphatic rings. The van der Waals surface area contributed by atoms with Crippen molar-refractivity contribution >= 4 is 11.3 Å². The summed E-state index contributed by atoms with van der Waals surface area (Å²) >= 11 is 1.67. The van der Waals surface area contributed by atoms with Crippen LogP contribution in [0.1, 0.15) is 11.3 Å². The first-order valence-electron chi connectivity index (χ1n) is 4.51. The highest BCUT2D eigenvalue weighted by Crippen LogP contribution is 2.23. The second-order valence-electron chi connectivity index (χ2n) is 3.20. The summed E-state index contributed by atoms with van der Waals surface area (Å²) in [4.78, 5) is 4.43. The van der Waals surface area contributed by atoms with Crippen LogP contribution in [0.2, 0.25) is 0 Å². The number of hydrogen-bond acceptors (Lipinski definition) is 3. The van der Waals surface area contributed by atoms with Crippen molar-refractivity contribution in [1.29, 1.82) is 0 Å². The average molecular weight is 204 g/mol. The van der Waals surface area contributed by atoms with Gasteiger partial charge >= 0.3 is 0 Å². The van der Waals surface area contributed by atoms with Gasteiger partial charge in [0.15, 0.2) is 0 Å². The van der Waals surface area contributed by atoms with E-state index < -0.39 is 0 Å². The molecule has 3 heteroatoms. The molecule has 1 aromatic carbocycles. The second-order valence-corrected chi connectivity index (χ2v) is 4.06. The Morgan fingerprint density at radius 3 is 2.93 bits per heavy atom. The number of nitrogens with zero attached hydrogens (tertiary/aromatic N) is 1. The normalized spacial score (nSPS) is 10.4. The molecule has 0 amide bonds. The molecule has 72 valence electrons. The lowest BCUT2D eigenvalue weighted by Gasteiger charge is -1.99. The first-order valence-corrected chi connectivity index (χ1v) is 5.39. The molecule has 1 aromatic heterocycles. The highest BCUT2D eigenvalue weighted by atomic mass is 32.1. The fourth-order valence-corrected chi connectivity index (χ4v) is 2.11. The minimum absolute atomic E-state index is 0.582. The van der Waals surface area contributed by atoms with Gasteiger partial charge in [-0.1, -0.05) is 18.2 Å². The average Bonchev–Trinajstić information content (AvgIpc) is 2.65. The third-order valence-electron chi connectivity index (χ3n) is 2.03. The van der Waals surface area contributed by atoms with Crippen molar-refractivity contribution in [3.63, 3.8) is 0 Å². The van der Waals surface area contributed by atoms with Crippen molar-refractivity contribution in [2.24, 2.45) is 5.73 Å². The van der Waals surface area contributed by atoms with Crippen LogP contribution < -0.4 is 5.73 Å². The van der Waals surface area contributed by atoms with E-state index in [9.17, 15) is 0 Å². The van der Waals surface area contributed by atoms with Crippen LogP contribution in [-0.2, 0) is 6.54 Å². The molecule has 1 heterocycles. The first kappa shape index (κ1) is 9.37. The number of nitrogens with two attached hydrogens (primary N) is 1. The molecule has 2 N–H and O–H groups in total. The molecule has 0 atom stereocenters. The Bertz CT molecular complexity index is 434. The van der Waals surface area contributed by atoms with Crippen molar-refractivity contribution in [2.75, 3.05) is 0 Å². The Hall–Kier alpha value is -1.19. The maximum absolute atomic E-state index is 5.58. The predicted octanol–water partition coefficient (Wildman–Crippen LogP) is 2.58. The van der Waals surface area contributed by atoms with Gasteiger partial charge in [-0.2, -0.15) is 0 Å². The van der Waals surface area contributed by atoms with E-state index >= 15 is 0 Å². The van der Waals surface area contributed by atoms with Gasteiger partial charge < -0.3 is 5.73 Å². The monoisotopic (exact) mass is 204 g/mol. The Balaban J connectivity index is 2.41. The fourth-order valence-electron chi connectivity index (χ4n) is 1.32. The fraction of sp³-hybridized carbons (Fsp3) is 0.182. The zero-order valence-electron chi connectivity index (χ0n) is 8.03. The third-order valence-corrected chi connectivity index (χ3v) is 3.04. The topological polar surface area (TPSA) is 38.9 Å². The summed E-state index contributed by atoms with van der Waals surface area (Å²) in [5.41, 5.74) is 8.96. The van der Waals surface area contributed by atoms with Gasteiger partial charge in [0.2, 0.25) is 0 Å². The summed E-state index contributed by atoms with van der Waals surface area (Å²) in [7, 11) is 0. The summed E-state index contributed by atoms with van der Waals surface area (Å²) in [6.07, 6.45) is 0. The quantitative estimate of drug-likeness (QED) is 0.816. The van der Waals surface area contributed by atoms with Gasteiger partial charge in [0.1, 0.15) is 5.01 Å². The number of aromatic nitrogens is 1. The molecule has 2 nitrogen and oxygen atoms in total. The predicted molar refractivity (Wildman–Crippen MR) is 60.2 cm³/mol. The van der Waals surface area contributed by atoms with Gasteiger partial charge in [0.25, 0.3) is 0 Å². The van der Waals surface area contributed by atoms with Crippen LogP contribution in [0.15, 0.2) is 29.6 Å². The van der Waals surface area contributed by atoms with Crippen LogP contribution in [0.4, 0.5) is 0 Å². The number of thiazole rings is 1. The molecule has 2 aromatic rings. The largest absolute Gasteiger partial charge is 0.326 e. The minimum Gasteiger partial charge on any atom is -0.326 e. The lowest BCUT2D eigenvalue weighted by molar-refractivity contribution is 1.07. The van der Waals surface area contributed by atoms with Crippen LogP contribution in [0.5, 0.6) is 0 Å². The van der Waals surface area contributed by atoms with E-state index in [0.717, 1.165) is 21.8 Å². The summed E-state index contributed by atoms with van der Waals surface area (Å²) in [5.74, 6) is 0. The van der Waals surface area contributed by atoms with Gasteiger partial charge in [0, 0.05) is 23.2 Å². The van der Waals surface area contributed by atoms with Crippen LogP contribution in [-0.4, -0.2) is 4.98 Å². The first-order chi connectivity index (χ1) is 6.79. The van der Waals surface area contributed by atoms with Gasteiger partial charge in [-0.3, -0.25) is 0 Å². The second kappa shape index (κ2) is 3.90.